The molecular formula is C25H27N3O5S. The van der Waals surface area contributed by atoms with Gasteiger partial charge in [-0.05, 0) is 48.3 Å². The fourth-order valence-corrected chi connectivity index (χ4v) is 4.34. The van der Waals surface area contributed by atoms with Crippen LogP contribution in [0, 0.1) is 0 Å². The minimum absolute atomic E-state index is 0.0890. The van der Waals surface area contributed by atoms with Gasteiger partial charge in [0, 0.05) is 25.3 Å². The predicted molar refractivity (Wildman–Crippen MR) is 130 cm³/mol. The Kier molecular flexibility index (Phi) is 7.87. The first-order chi connectivity index (χ1) is 16.5. The van der Waals surface area contributed by atoms with Gasteiger partial charge in [-0.15, -0.1) is 0 Å². The third kappa shape index (κ3) is 5.98. The van der Waals surface area contributed by atoms with Gasteiger partial charge in [0.15, 0.2) is 5.11 Å². The molecule has 2 atom stereocenters. The molecule has 0 bridgehead atoms. The lowest BCUT2D eigenvalue weighted by atomic mass is 10.0. The molecule has 2 fully saturated rings. The predicted octanol–water partition coefficient (Wildman–Crippen LogP) is 2.28. The van der Waals surface area contributed by atoms with Crippen molar-refractivity contribution in [2.45, 2.75) is 31.4 Å². The summed E-state index contributed by atoms with van der Waals surface area (Å²) in [6.45, 7) is 1.58. The minimum Gasteiger partial charge on any atom is -0.463 e. The number of nitrogens with zero attached hydrogens (tertiary/aromatic N) is 1. The molecule has 4 rings (SSSR count). The van der Waals surface area contributed by atoms with Crippen LogP contribution in [0.25, 0.3) is 11.1 Å². The van der Waals surface area contributed by atoms with E-state index in [1.807, 2.05) is 42.5 Å². The molecule has 0 spiro atoms. The largest absolute Gasteiger partial charge is 0.463 e. The van der Waals surface area contributed by atoms with E-state index in [0.29, 0.717) is 25.3 Å². The highest BCUT2D eigenvalue weighted by Gasteiger charge is 2.34. The minimum atomic E-state index is -0.848. The summed E-state index contributed by atoms with van der Waals surface area (Å²) in [6.07, 6.45) is 1.55. The fourth-order valence-electron chi connectivity index (χ4n) is 4.02. The number of ether oxygens (including phenoxy) is 2. The van der Waals surface area contributed by atoms with Gasteiger partial charge in [-0.2, -0.15) is 0 Å². The number of carbonyl (C=O) groups is 3. The van der Waals surface area contributed by atoms with Crippen molar-refractivity contribution in [3.63, 3.8) is 0 Å². The summed E-state index contributed by atoms with van der Waals surface area (Å²) >= 11 is 5.43. The van der Waals surface area contributed by atoms with Crippen LogP contribution >= 0.6 is 12.2 Å². The van der Waals surface area contributed by atoms with E-state index in [4.69, 9.17) is 21.7 Å². The van der Waals surface area contributed by atoms with E-state index in [1.54, 1.807) is 17.0 Å². The molecule has 2 aromatic carbocycles. The van der Waals surface area contributed by atoms with Crippen molar-refractivity contribution in [3.8, 4) is 11.1 Å². The van der Waals surface area contributed by atoms with Crippen LogP contribution in [-0.2, 0) is 19.1 Å². The van der Waals surface area contributed by atoms with Crippen LogP contribution in [0.4, 0.5) is 0 Å². The number of nitrogens with one attached hydrogen (secondary N) is 2. The average molecular weight is 482 g/mol. The molecule has 8 nitrogen and oxygen atoms in total. The van der Waals surface area contributed by atoms with E-state index in [1.165, 1.54) is 0 Å². The van der Waals surface area contributed by atoms with Crippen LogP contribution in [0.5, 0.6) is 0 Å². The molecule has 178 valence electrons. The molecule has 0 radical (unpaired) electrons. The number of rotatable bonds is 6. The first-order valence-electron chi connectivity index (χ1n) is 11.3. The number of benzene rings is 2. The van der Waals surface area contributed by atoms with Crippen LogP contribution in [0.1, 0.15) is 29.6 Å². The topological polar surface area (TPSA) is 97.0 Å². The lowest BCUT2D eigenvalue weighted by Crippen LogP contribution is -2.60. The molecule has 2 unspecified atom stereocenters. The Balaban J connectivity index is 1.35. The summed E-state index contributed by atoms with van der Waals surface area (Å²) < 4.78 is 10.8. The Morgan fingerprint density at radius 2 is 1.85 bits per heavy atom. The number of amides is 2. The standard InChI is InChI=1S/C25H27N3O5S/c29-22(33-16-20-7-4-14-32-20)15-21-24(31)26-12-13-28(21)25(34)27-23(30)19-10-8-18(9-11-19)17-5-2-1-3-6-17/h1-3,5-6,8-11,20-21H,4,7,12-16H2,(H,26,31)(H,27,30,34). The third-order valence-electron chi connectivity index (χ3n) is 5.88. The normalized spacial score (nSPS) is 19.9. The SMILES string of the molecule is O=C(CC1C(=O)NCCN1C(=S)NC(=O)c1ccc(-c2ccccc2)cc1)OCC1CCCO1. The lowest BCUT2D eigenvalue weighted by molar-refractivity contribution is -0.150. The first kappa shape index (κ1) is 23.8. The van der Waals surface area contributed by atoms with Crippen molar-refractivity contribution in [3.05, 3.63) is 60.2 Å². The van der Waals surface area contributed by atoms with Gasteiger partial charge in [0.1, 0.15) is 12.6 Å². The zero-order valence-corrected chi connectivity index (χ0v) is 19.5. The van der Waals surface area contributed by atoms with E-state index >= 15 is 0 Å². The van der Waals surface area contributed by atoms with E-state index < -0.39 is 12.0 Å². The molecule has 2 heterocycles. The fraction of sp³-hybridized carbons (Fsp3) is 0.360. The zero-order chi connectivity index (χ0) is 23.9. The van der Waals surface area contributed by atoms with Crippen molar-refractivity contribution < 1.29 is 23.9 Å². The van der Waals surface area contributed by atoms with Gasteiger partial charge in [-0.25, -0.2) is 0 Å². The maximum atomic E-state index is 12.8. The van der Waals surface area contributed by atoms with Crippen LogP contribution in [0.2, 0.25) is 0 Å². The number of hydrogen-bond donors (Lipinski definition) is 2. The Morgan fingerprint density at radius 1 is 1.12 bits per heavy atom. The second-order valence-electron chi connectivity index (χ2n) is 8.23. The smallest absolute Gasteiger partial charge is 0.308 e. The first-order valence-corrected chi connectivity index (χ1v) is 11.7. The molecule has 0 aliphatic carbocycles. The summed E-state index contributed by atoms with van der Waals surface area (Å²) in [5, 5.41) is 5.53. The average Bonchev–Trinajstić information content (AvgIpc) is 3.38. The molecule has 2 aliphatic rings. The van der Waals surface area contributed by atoms with Crippen molar-refractivity contribution in [2.24, 2.45) is 0 Å². The maximum absolute atomic E-state index is 12.8. The van der Waals surface area contributed by atoms with Gasteiger partial charge < -0.3 is 19.7 Å². The Bertz CT molecular complexity index is 1040. The van der Waals surface area contributed by atoms with Gasteiger partial charge in [-0.1, -0.05) is 42.5 Å². The van der Waals surface area contributed by atoms with Crippen molar-refractivity contribution >= 4 is 35.1 Å². The van der Waals surface area contributed by atoms with Crippen LogP contribution in [-0.4, -0.2) is 66.2 Å². The summed E-state index contributed by atoms with van der Waals surface area (Å²) in [7, 11) is 0. The summed E-state index contributed by atoms with van der Waals surface area (Å²) in [4.78, 5) is 39.2. The molecule has 2 aliphatic heterocycles. The van der Waals surface area contributed by atoms with E-state index in [-0.39, 0.29) is 36.1 Å². The number of piperazine rings is 1. The third-order valence-corrected chi connectivity index (χ3v) is 6.22. The number of thiocarbonyl (C=S) groups is 1. The number of carbonyl (C=O) groups excluding carboxylic acids is 3. The molecule has 2 aromatic rings. The summed E-state index contributed by atoms with van der Waals surface area (Å²) in [5.41, 5.74) is 2.49. The molecule has 0 saturated carbocycles. The second kappa shape index (κ2) is 11.2. The van der Waals surface area contributed by atoms with E-state index in [9.17, 15) is 14.4 Å². The summed E-state index contributed by atoms with van der Waals surface area (Å²) in [6, 6.07) is 16.2. The van der Waals surface area contributed by atoms with E-state index in [2.05, 4.69) is 10.6 Å². The second-order valence-corrected chi connectivity index (χ2v) is 8.61. The molecule has 34 heavy (non-hydrogen) atoms. The highest BCUT2D eigenvalue weighted by atomic mass is 32.1. The van der Waals surface area contributed by atoms with Crippen LogP contribution < -0.4 is 10.6 Å². The van der Waals surface area contributed by atoms with Gasteiger partial charge in [-0.3, -0.25) is 19.7 Å². The Hall–Kier alpha value is -3.30. The number of esters is 1. The lowest BCUT2D eigenvalue weighted by Gasteiger charge is -2.36. The monoisotopic (exact) mass is 481 g/mol. The Morgan fingerprint density at radius 3 is 2.56 bits per heavy atom. The van der Waals surface area contributed by atoms with Crippen molar-refractivity contribution in [2.75, 3.05) is 26.3 Å². The van der Waals surface area contributed by atoms with Gasteiger partial charge in [0.2, 0.25) is 5.91 Å². The van der Waals surface area contributed by atoms with Crippen LogP contribution in [0.15, 0.2) is 54.6 Å². The molecular weight excluding hydrogens is 454 g/mol. The molecule has 2 N–H and O–H groups in total. The zero-order valence-electron chi connectivity index (χ0n) is 18.7. The molecule has 9 heteroatoms. The van der Waals surface area contributed by atoms with Crippen LogP contribution in [0.3, 0.4) is 0 Å². The van der Waals surface area contributed by atoms with Gasteiger partial charge in [0.05, 0.1) is 12.5 Å². The van der Waals surface area contributed by atoms with E-state index in [0.717, 1.165) is 24.0 Å². The molecule has 0 aromatic heterocycles. The quantitative estimate of drug-likeness (QED) is 0.483. The highest BCUT2D eigenvalue weighted by Crippen LogP contribution is 2.19. The summed E-state index contributed by atoms with van der Waals surface area (Å²) in [5.74, 6) is -1.22. The van der Waals surface area contributed by atoms with Gasteiger partial charge in [0.25, 0.3) is 5.91 Å². The van der Waals surface area contributed by atoms with Crippen molar-refractivity contribution in [1.82, 2.24) is 15.5 Å². The molecule has 2 saturated heterocycles. The maximum Gasteiger partial charge on any atom is 0.308 e. The van der Waals surface area contributed by atoms with Crippen molar-refractivity contribution in [1.29, 1.82) is 0 Å². The van der Waals surface area contributed by atoms with Gasteiger partial charge >= 0.3 is 5.97 Å². The number of hydrogen-bond acceptors (Lipinski definition) is 6. The molecule has 2 amide bonds. The Labute approximate surface area is 203 Å². The highest BCUT2D eigenvalue weighted by molar-refractivity contribution is 7.80.